The molecule has 0 unspecified atom stereocenters. The summed E-state index contributed by atoms with van der Waals surface area (Å²) in [6.07, 6.45) is 1.75. The fourth-order valence-electron chi connectivity index (χ4n) is 1.93. The van der Waals surface area contributed by atoms with Gasteiger partial charge in [-0.15, -0.1) is 0 Å². The fourth-order valence-corrected chi connectivity index (χ4v) is 1.93. The number of aromatic nitrogens is 2. The van der Waals surface area contributed by atoms with E-state index in [4.69, 9.17) is 0 Å². The van der Waals surface area contributed by atoms with Gasteiger partial charge < -0.3 is 5.32 Å². The second-order valence-electron chi connectivity index (χ2n) is 3.92. The molecule has 0 spiro atoms. The van der Waals surface area contributed by atoms with Crippen LogP contribution in [-0.4, -0.2) is 27.2 Å². The van der Waals surface area contributed by atoms with Crippen LogP contribution in [0.5, 0.6) is 0 Å². The van der Waals surface area contributed by atoms with Crippen LogP contribution in [-0.2, 0) is 0 Å². The molecule has 0 saturated heterocycles. The van der Waals surface area contributed by atoms with Crippen LogP contribution < -0.4 is 10.6 Å². The second-order valence-corrected chi connectivity index (χ2v) is 3.92. The Balaban J connectivity index is 2.31. The van der Waals surface area contributed by atoms with Crippen LogP contribution in [0, 0.1) is 0 Å². The third-order valence-corrected chi connectivity index (χ3v) is 2.74. The number of nitrogens with zero attached hydrogens (tertiary/aromatic N) is 2. The summed E-state index contributed by atoms with van der Waals surface area (Å²) in [7, 11) is 0. The average Bonchev–Trinajstić information content (AvgIpc) is 2.60. The summed E-state index contributed by atoms with van der Waals surface area (Å²) in [5, 5.41) is 5.11. The Morgan fingerprint density at radius 3 is 3.00 bits per heavy atom. The molecule has 2 aromatic rings. The normalized spacial score (nSPS) is 19.5. The molecule has 0 radical (unpaired) electrons. The van der Waals surface area contributed by atoms with Crippen LogP contribution in [0.4, 0.5) is 10.6 Å². The monoisotopic (exact) mass is 230 g/mol. The largest absolute Gasteiger partial charge is 0.328 e. The van der Waals surface area contributed by atoms with Crippen molar-refractivity contribution in [1.29, 1.82) is 0 Å². The van der Waals surface area contributed by atoms with E-state index in [0.29, 0.717) is 17.2 Å². The van der Waals surface area contributed by atoms with Crippen LogP contribution in [0.1, 0.15) is 17.4 Å². The maximum absolute atomic E-state index is 12.1. The first-order valence-corrected chi connectivity index (χ1v) is 5.25. The number of rotatable bonds is 0. The number of hydrogen-bond donors (Lipinski definition) is 2. The van der Waals surface area contributed by atoms with Gasteiger partial charge in [-0.3, -0.25) is 14.5 Å². The first-order chi connectivity index (χ1) is 8.16. The van der Waals surface area contributed by atoms with Crippen LogP contribution in [0.15, 0.2) is 24.4 Å². The molecule has 3 rings (SSSR count). The van der Waals surface area contributed by atoms with E-state index in [0.717, 1.165) is 0 Å². The SMILES string of the molecule is C[C@@H]1NC(=O)Nc2nc3ccccn3c2C1=O. The molecule has 86 valence electrons. The Bertz CT molecular complexity index is 631. The molecule has 0 aliphatic carbocycles. The number of carbonyl (C=O) groups excluding carboxylic acids is 2. The highest BCUT2D eigenvalue weighted by molar-refractivity contribution is 6.10. The summed E-state index contributed by atoms with van der Waals surface area (Å²) in [6, 6.07) is 4.46. The number of urea groups is 1. The topological polar surface area (TPSA) is 75.5 Å². The molecule has 6 nitrogen and oxygen atoms in total. The summed E-state index contributed by atoms with van der Waals surface area (Å²) >= 11 is 0. The summed E-state index contributed by atoms with van der Waals surface area (Å²) in [6.45, 7) is 1.65. The van der Waals surface area contributed by atoms with Crippen molar-refractivity contribution >= 4 is 23.3 Å². The summed E-state index contributed by atoms with van der Waals surface area (Å²) in [5.74, 6) is 0.153. The highest BCUT2D eigenvalue weighted by Crippen LogP contribution is 2.21. The molecule has 6 heteroatoms. The second kappa shape index (κ2) is 3.31. The molecule has 2 aromatic heterocycles. The third kappa shape index (κ3) is 1.37. The first-order valence-electron chi connectivity index (χ1n) is 5.25. The van der Waals surface area contributed by atoms with E-state index in [9.17, 15) is 9.59 Å². The fraction of sp³-hybridized carbons (Fsp3) is 0.182. The van der Waals surface area contributed by atoms with Crippen LogP contribution in [0.25, 0.3) is 5.65 Å². The van der Waals surface area contributed by atoms with Gasteiger partial charge in [0.15, 0.2) is 5.82 Å². The number of pyridine rings is 1. The van der Waals surface area contributed by atoms with Crippen LogP contribution in [0.2, 0.25) is 0 Å². The Morgan fingerprint density at radius 2 is 2.18 bits per heavy atom. The highest BCUT2D eigenvalue weighted by atomic mass is 16.2. The lowest BCUT2D eigenvalue weighted by molar-refractivity contribution is 0.0952. The van der Waals surface area contributed by atoms with Gasteiger partial charge in [0, 0.05) is 6.20 Å². The minimum absolute atomic E-state index is 0.156. The highest BCUT2D eigenvalue weighted by Gasteiger charge is 2.29. The van der Waals surface area contributed by atoms with Crippen LogP contribution >= 0.6 is 0 Å². The van der Waals surface area contributed by atoms with Crippen molar-refractivity contribution in [1.82, 2.24) is 14.7 Å². The van der Waals surface area contributed by atoms with Gasteiger partial charge in [-0.2, -0.15) is 0 Å². The van der Waals surface area contributed by atoms with E-state index in [2.05, 4.69) is 15.6 Å². The van der Waals surface area contributed by atoms with Crippen molar-refractivity contribution in [3.8, 4) is 0 Å². The first kappa shape index (κ1) is 9.83. The van der Waals surface area contributed by atoms with Crippen molar-refractivity contribution in [2.45, 2.75) is 13.0 Å². The Kier molecular flexibility index (Phi) is 1.91. The molecule has 0 fully saturated rings. The molecule has 0 aromatic carbocycles. The van der Waals surface area contributed by atoms with Crippen molar-refractivity contribution in [2.75, 3.05) is 5.32 Å². The maximum atomic E-state index is 12.1. The number of nitrogens with one attached hydrogen (secondary N) is 2. The zero-order chi connectivity index (χ0) is 12.0. The summed E-state index contributed by atoms with van der Waals surface area (Å²) in [4.78, 5) is 27.8. The number of fused-ring (bicyclic) bond motifs is 3. The number of imidazole rings is 1. The van der Waals surface area contributed by atoms with Crippen molar-refractivity contribution in [3.63, 3.8) is 0 Å². The predicted molar refractivity (Wildman–Crippen MR) is 61.1 cm³/mol. The molecular formula is C11H10N4O2. The summed E-state index contributed by atoms with van der Waals surface area (Å²) < 4.78 is 1.68. The molecule has 2 N–H and O–H groups in total. The lowest BCUT2D eigenvalue weighted by atomic mass is 10.1. The number of Topliss-reactive ketones (excluding diaryl/α,β-unsaturated/α-hetero) is 1. The standard InChI is InChI=1S/C11H10N4O2/c1-6-9(16)8-10(14-11(17)12-6)13-7-4-2-3-5-15(7)8/h2-6H,1H3,(H2,12,14,17)/t6-/m0/s1. The minimum atomic E-state index is -0.559. The van der Waals surface area contributed by atoms with Crippen molar-refractivity contribution in [3.05, 3.63) is 30.1 Å². The lowest BCUT2D eigenvalue weighted by Gasteiger charge is -2.07. The molecule has 17 heavy (non-hydrogen) atoms. The van der Waals surface area contributed by atoms with Gasteiger partial charge in [0.05, 0.1) is 6.04 Å². The van der Waals surface area contributed by atoms with Gasteiger partial charge in [-0.05, 0) is 19.1 Å². The molecule has 2 amide bonds. The van der Waals surface area contributed by atoms with E-state index in [1.54, 1.807) is 23.6 Å². The molecule has 0 saturated carbocycles. The Labute approximate surface area is 96.6 Å². The number of ketones is 1. The van der Waals surface area contributed by atoms with Gasteiger partial charge in [0.1, 0.15) is 11.3 Å². The van der Waals surface area contributed by atoms with Crippen molar-refractivity contribution < 1.29 is 9.59 Å². The molecule has 0 bridgehead atoms. The van der Waals surface area contributed by atoms with E-state index >= 15 is 0 Å². The Hall–Kier alpha value is -2.37. The molecule has 1 atom stereocenters. The number of anilines is 1. The smallest absolute Gasteiger partial charge is 0.321 e. The minimum Gasteiger partial charge on any atom is -0.328 e. The van der Waals surface area contributed by atoms with Gasteiger partial charge in [0.2, 0.25) is 5.78 Å². The van der Waals surface area contributed by atoms with Gasteiger partial charge >= 0.3 is 6.03 Å². The lowest BCUT2D eigenvalue weighted by Crippen LogP contribution is -2.38. The Morgan fingerprint density at radius 1 is 1.35 bits per heavy atom. The van der Waals surface area contributed by atoms with E-state index in [1.807, 2.05) is 12.1 Å². The molecule has 3 heterocycles. The third-order valence-electron chi connectivity index (χ3n) is 2.74. The molecular weight excluding hydrogens is 220 g/mol. The van der Waals surface area contributed by atoms with E-state index in [1.165, 1.54) is 0 Å². The van der Waals surface area contributed by atoms with Gasteiger partial charge in [0.25, 0.3) is 0 Å². The average molecular weight is 230 g/mol. The van der Waals surface area contributed by atoms with Crippen LogP contribution in [0.3, 0.4) is 0 Å². The summed E-state index contributed by atoms with van der Waals surface area (Å²) in [5.41, 5.74) is 1.05. The predicted octanol–water partition coefficient (Wildman–Crippen LogP) is 1.04. The number of amides is 2. The van der Waals surface area contributed by atoms with Crippen molar-refractivity contribution in [2.24, 2.45) is 0 Å². The van der Waals surface area contributed by atoms with E-state index < -0.39 is 12.1 Å². The molecule has 1 aliphatic heterocycles. The quantitative estimate of drug-likeness (QED) is 0.710. The zero-order valence-corrected chi connectivity index (χ0v) is 9.10. The number of carbonyl (C=O) groups is 2. The van der Waals surface area contributed by atoms with Gasteiger partial charge in [-0.25, -0.2) is 9.78 Å². The molecule has 1 aliphatic rings. The zero-order valence-electron chi connectivity index (χ0n) is 9.10. The van der Waals surface area contributed by atoms with Gasteiger partial charge in [-0.1, -0.05) is 6.07 Å². The van der Waals surface area contributed by atoms with E-state index in [-0.39, 0.29) is 5.78 Å². The number of hydrogen-bond acceptors (Lipinski definition) is 3. The maximum Gasteiger partial charge on any atom is 0.321 e.